The predicted octanol–water partition coefficient (Wildman–Crippen LogP) is 1.84. The number of nitrogens with one attached hydrogen (secondary N) is 2. The van der Waals surface area contributed by atoms with Gasteiger partial charge in [0.25, 0.3) is 0 Å². The first kappa shape index (κ1) is 22.3. The van der Waals surface area contributed by atoms with Crippen molar-refractivity contribution in [2.45, 2.75) is 32.2 Å². The summed E-state index contributed by atoms with van der Waals surface area (Å²) < 4.78 is 5.59. The minimum absolute atomic E-state index is 0. The zero-order chi connectivity index (χ0) is 18.1. The van der Waals surface area contributed by atoms with Crippen LogP contribution in [0.15, 0.2) is 30.3 Å². The second kappa shape index (κ2) is 11.8. The van der Waals surface area contributed by atoms with Gasteiger partial charge in [-0.25, -0.2) is 0 Å². The van der Waals surface area contributed by atoms with Gasteiger partial charge in [-0.15, -0.1) is 12.4 Å². The number of piperidine rings is 1. The van der Waals surface area contributed by atoms with Gasteiger partial charge in [0, 0.05) is 25.7 Å². The number of ether oxygens (including phenoxy) is 1. The zero-order valence-electron chi connectivity index (χ0n) is 15.6. The average Bonchev–Trinajstić information content (AvgIpc) is 2.66. The van der Waals surface area contributed by atoms with Crippen molar-refractivity contribution in [3.05, 3.63) is 30.3 Å². The fourth-order valence-corrected chi connectivity index (χ4v) is 2.85. The highest BCUT2D eigenvalue weighted by molar-refractivity contribution is 5.85. The van der Waals surface area contributed by atoms with Gasteiger partial charge in [-0.2, -0.15) is 0 Å². The number of carbonyl (C=O) groups excluding carboxylic acids is 2. The number of carbonyl (C=O) groups is 2. The number of amides is 2. The molecule has 0 saturated carbocycles. The summed E-state index contributed by atoms with van der Waals surface area (Å²) in [6, 6.07) is 9.71. The molecule has 6 nitrogen and oxygen atoms in total. The van der Waals surface area contributed by atoms with Crippen LogP contribution in [0.25, 0.3) is 0 Å². The SMILES string of the molecule is CNC(C)CNC(=O)C1CCCN(C(=O)CCOc2ccccc2)C1.Cl. The smallest absolute Gasteiger partial charge is 0.226 e. The van der Waals surface area contributed by atoms with Crippen LogP contribution in [0.5, 0.6) is 5.75 Å². The molecule has 1 aliphatic rings. The van der Waals surface area contributed by atoms with Crippen molar-refractivity contribution < 1.29 is 14.3 Å². The van der Waals surface area contributed by atoms with E-state index in [0.29, 0.717) is 26.1 Å². The molecule has 1 heterocycles. The Hall–Kier alpha value is -1.79. The van der Waals surface area contributed by atoms with Gasteiger partial charge < -0.3 is 20.3 Å². The van der Waals surface area contributed by atoms with Crippen LogP contribution in [0.3, 0.4) is 0 Å². The zero-order valence-corrected chi connectivity index (χ0v) is 16.4. The molecule has 146 valence electrons. The molecule has 0 radical (unpaired) electrons. The first-order valence-corrected chi connectivity index (χ1v) is 9.00. The number of benzene rings is 1. The van der Waals surface area contributed by atoms with E-state index in [4.69, 9.17) is 4.74 Å². The molecule has 0 aromatic heterocycles. The molecule has 1 aromatic rings. The van der Waals surface area contributed by atoms with Gasteiger partial charge in [-0.1, -0.05) is 18.2 Å². The molecule has 1 fully saturated rings. The quantitative estimate of drug-likeness (QED) is 0.718. The molecule has 0 bridgehead atoms. The highest BCUT2D eigenvalue weighted by Crippen LogP contribution is 2.18. The topological polar surface area (TPSA) is 70.7 Å². The Labute approximate surface area is 162 Å². The van der Waals surface area contributed by atoms with Crippen LogP contribution in [0, 0.1) is 5.92 Å². The van der Waals surface area contributed by atoms with E-state index in [1.54, 1.807) is 4.90 Å². The van der Waals surface area contributed by atoms with E-state index in [9.17, 15) is 9.59 Å². The fourth-order valence-electron chi connectivity index (χ4n) is 2.85. The standard InChI is InChI=1S/C19H29N3O3.ClH/c1-15(20-2)13-21-19(24)16-7-6-11-22(14-16)18(23)10-12-25-17-8-4-3-5-9-17;/h3-5,8-9,15-16,20H,6-7,10-14H2,1-2H3,(H,21,24);1H. The number of rotatable bonds is 8. The maximum absolute atomic E-state index is 12.4. The predicted molar refractivity (Wildman–Crippen MR) is 105 cm³/mol. The summed E-state index contributed by atoms with van der Waals surface area (Å²) >= 11 is 0. The molecule has 0 spiro atoms. The van der Waals surface area contributed by atoms with Gasteiger partial charge in [0.2, 0.25) is 11.8 Å². The molecular weight excluding hydrogens is 354 g/mol. The van der Waals surface area contributed by atoms with E-state index in [1.807, 2.05) is 44.3 Å². The largest absolute Gasteiger partial charge is 0.493 e. The monoisotopic (exact) mass is 383 g/mol. The van der Waals surface area contributed by atoms with Crippen molar-refractivity contribution in [2.75, 3.05) is 33.3 Å². The number of halogens is 1. The lowest BCUT2D eigenvalue weighted by Gasteiger charge is -2.32. The molecule has 2 unspecified atom stereocenters. The van der Waals surface area contributed by atoms with Crippen LogP contribution in [0.1, 0.15) is 26.2 Å². The highest BCUT2D eigenvalue weighted by Gasteiger charge is 2.28. The van der Waals surface area contributed by atoms with Crippen LogP contribution in [-0.2, 0) is 9.59 Å². The van der Waals surface area contributed by atoms with Crippen molar-refractivity contribution in [3.8, 4) is 5.75 Å². The van der Waals surface area contributed by atoms with Gasteiger partial charge in [0.15, 0.2) is 0 Å². The third-order valence-corrected chi connectivity index (χ3v) is 4.55. The summed E-state index contributed by atoms with van der Waals surface area (Å²) in [5.74, 6) is 0.749. The lowest BCUT2D eigenvalue weighted by atomic mass is 9.96. The summed E-state index contributed by atoms with van der Waals surface area (Å²) in [7, 11) is 1.87. The van der Waals surface area contributed by atoms with E-state index < -0.39 is 0 Å². The summed E-state index contributed by atoms with van der Waals surface area (Å²) in [4.78, 5) is 26.5. The maximum Gasteiger partial charge on any atom is 0.226 e. The first-order chi connectivity index (χ1) is 12.1. The highest BCUT2D eigenvalue weighted by atomic mass is 35.5. The minimum Gasteiger partial charge on any atom is -0.493 e. The molecule has 2 N–H and O–H groups in total. The number of para-hydroxylation sites is 1. The van der Waals surface area contributed by atoms with Crippen LogP contribution in [0.2, 0.25) is 0 Å². The average molecular weight is 384 g/mol. The van der Waals surface area contributed by atoms with E-state index in [-0.39, 0.29) is 36.2 Å². The molecule has 7 heteroatoms. The number of likely N-dealkylation sites (N-methyl/N-ethyl adjacent to an activating group) is 1. The Balaban J connectivity index is 0.00000338. The molecule has 1 aromatic carbocycles. The van der Waals surface area contributed by atoms with Crippen LogP contribution in [0.4, 0.5) is 0 Å². The van der Waals surface area contributed by atoms with E-state index >= 15 is 0 Å². The molecular formula is C19H30ClN3O3. The van der Waals surface area contributed by atoms with Crippen molar-refractivity contribution in [1.29, 1.82) is 0 Å². The molecule has 2 atom stereocenters. The Bertz CT molecular complexity index is 556. The van der Waals surface area contributed by atoms with E-state index in [2.05, 4.69) is 10.6 Å². The van der Waals surface area contributed by atoms with Crippen LogP contribution in [-0.4, -0.2) is 56.0 Å². The number of likely N-dealkylation sites (tertiary alicyclic amines) is 1. The summed E-state index contributed by atoms with van der Waals surface area (Å²) in [6.45, 7) is 4.20. The molecule has 1 saturated heterocycles. The van der Waals surface area contributed by atoms with Gasteiger partial charge >= 0.3 is 0 Å². The fraction of sp³-hybridized carbons (Fsp3) is 0.579. The molecule has 2 rings (SSSR count). The summed E-state index contributed by atoms with van der Waals surface area (Å²) in [6.07, 6.45) is 2.04. The minimum atomic E-state index is -0.114. The first-order valence-electron chi connectivity index (χ1n) is 9.00. The summed E-state index contributed by atoms with van der Waals surface area (Å²) in [5.41, 5.74) is 0. The number of hydrogen-bond donors (Lipinski definition) is 2. The second-order valence-electron chi connectivity index (χ2n) is 6.53. The Kier molecular flexibility index (Phi) is 10.1. The van der Waals surface area contributed by atoms with Crippen molar-refractivity contribution in [3.63, 3.8) is 0 Å². The van der Waals surface area contributed by atoms with Crippen molar-refractivity contribution >= 4 is 24.2 Å². The van der Waals surface area contributed by atoms with Gasteiger partial charge in [0.1, 0.15) is 5.75 Å². The second-order valence-corrected chi connectivity index (χ2v) is 6.53. The van der Waals surface area contributed by atoms with Crippen molar-refractivity contribution in [1.82, 2.24) is 15.5 Å². The van der Waals surface area contributed by atoms with Gasteiger partial charge in [-0.05, 0) is 38.9 Å². The molecule has 26 heavy (non-hydrogen) atoms. The third-order valence-electron chi connectivity index (χ3n) is 4.55. The number of hydrogen-bond acceptors (Lipinski definition) is 4. The molecule has 1 aliphatic heterocycles. The molecule has 0 aliphatic carbocycles. The number of nitrogens with zero attached hydrogens (tertiary/aromatic N) is 1. The lowest BCUT2D eigenvalue weighted by Crippen LogP contribution is -2.47. The lowest BCUT2D eigenvalue weighted by molar-refractivity contribution is -0.136. The van der Waals surface area contributed by atoms with Gasteiger partial charge in [-0.3, -0.25) is 9.59 Å². The van der Waals surface area contributed by atoms with Gasteiger partial charge in [0.05, 0.1) is 18.9 Å². The maximum atomic E-state index is 12.4. The van der Waals surface area contributed by atoms with Crippen LogP contribution >= 0.6 is 12.4 Å². The van der Waals surface area contributed by atoms with Crippen LogP contribution < -0.4 is 15.4 Å². The van der Waals surface area contributed by atoms with E-state index in [1.165, 1.54) is 0 Å². The Morgan fingerprint density at radius 1 is 1.31 bits per heavy atom. The molecule has 2 amide bonds. The summed E-state index contributed by atoms with van der Waals surface area (Å²) in [5, 5.41) is 6.06. The third kappa shape index (κ3) is 7.22. The Morgan fingerprint density at radius 2 is 2.04 bits per heavy atom. The van der Waals surface area contributed by atoms with Crippen molar-refractivity contribution in [2.24, 2.45) is 5.92 Å². The van der Waals surface area contributed by atoms with E-state index in [0.717, 1.165) is 25.1 Å². The normalized spacial score (nSPS) is 17.8. The Morgan fingerprint density at radius 3 is 2.73 bits per heavy atom.